The Morgan fingerprint density at radius 3 is 3.00 bits per heavy atom. The first kappa shape index (κ1) is 15.2. The predicted octanol–water partition coefficient (Wildman–Crippen LogP) is 3.10. The van der Waals surface area contributed by atoms with Gasteiger partial charge in [-0.3, -0.25) is 4.79 Å². The molecule has 3 rings (SSSR count). The Morgan fingerprint density at radius 2 is 2.23 bits per heavy atom. The van der Waals surface area contributed by atoms with Crippen molar-refractivity contribution in [1.82, 2.24) is 5.32 Å². The Hall–Kier alpha value is -1.72. The fourth-order valence-electron chi connectivity index (χ4n) is 2.71. The van der Waals surface area contributed by atoms with E-state index >= 15 is 0 Å². The van der Waals surface area contributed by atoms with Crippen molar-refractivity contribution in [1.29, 1.82) is 0 Å². The van der Waals surface area contributed by atoms with E-state index in [1.165, 1.54) is 11.2 Å². The Balaban J connectivity index is 1.58. The van der Waals surface area contributed by atoms with E-state index in [0.717, 1.165) is 11.3 Å². The van der Waals surface area contributed by atoms with Crippen LogP contribution in [0.5, 0.6) is 0 Å². The van der Waals surface area contributed by atoms with Crippen LogP contribution in [0.2, 0.25) is 0 Å². The maximum Gasteiger partial charge on any atom is 0.228 e. The number of nitrogens with one attached hydrogen (secondary N) is 1. The molecule has 1 aliphatic heterocycles. The average Bonchev–Trinajstić information content (AvgIpc) is 3.16. The number of furan rings is 1. The molecule has 3 atom stereocenters. The van der Waals surface area contributed by atoms with Crippen LogP contribution in [0.4, 0.5) is 0 Å². The van der Waals surface area contributed by atoms with Crippen LogP contribution < -0.4 is 5.32 Å². The molecule has 2 N–H and O–H groups in total. The van der Waals surface area contributed by atoms with Crippen LogP contribution in [0.25, 0.3) is 0 Å². The fraction of sp³-hybridized carbons (Fsp3) is 0.353. The van der Waals surface area contributed by atoms with Crippen molar-refractivity contribution in [2.75, 3.05) is 5.75 Å². The third-order valence-corrected chi connectivity index (χ3v) is 5.04. The second kappa shape index (κ2) is 6.58. The van der Waals surface area contributed by atoms with Crippen LogP contribution in [0.1, 0.15) is 36.7 Å². The van der Waals surface area contributed by atoms with Gasteiger partial charge in [0.25, 0.3) is 0 Å². The van der Waals surface area contributed by atoms with Gasteiger partial charge in [-0.2, -0.15) is 0 Å². The van der Waals surface area contributed by atoms with Gasteiger partial charge >= 0.3 is 0 Å². The molecule has 0 aliphatic carbocycles. The van der Waals surface area contributed by atoms with Gasteiger partial charge < -0.3 is 14.8 Å². The fourth-order valence-corrected chi connectivity index (χ4v) is 3.94. The van der Waals surface area contributed by atoms with E-state index in [-0.39, 0.29) is 17.9 Å². The minimum atomic E-state index is -0.699. The summed E-state index contributed by atoms with van der Waals surface area (Å²) in [6, 6.07) is 11.4. The average molecular weight is 317 g/mol. The van der Waals surface area contributed by atoms with E-state index in [2.05, 4.69) is 11.4 Å². The number of thioether (sulfide) groups is 1. The summed E-state index contributed by atoms with van der Waals surface area (Å²) in [4.78, 5) is 13.6. The number of aliphatic hydroxyl groups excluding tert-OH is 1. The zero-order valence-electron chi connectivity index (χ0n) is 12.4. The van der Waals surface area contributed by atoms with Gasteiger partial charge in [0.05, 0.1) is 12.2 Å². The van der Waals surface area contributed by atoms with Gasteiger partial charge in [-0.25, -0.2) is 0 Å². The molecule has 1 aliphatic rings. The van der Waals surface area contributed by atoms with Crippen LogP contribution in [-0.2, 0) is 4.79 Å². The number of fused-ring (bicyclic) bond motifs is 1. The standard InChI is InChI=1S/C17H19NO3S/c1-11(9-14(19)15-6-4-8-21-15)18-17(20)13-10-22-16-7-3-2-5-12(13)16/h2-8,11,13-14,19H,9-10H2,1H3,(H,18,20). The number of hydrogen-bond acceptors (Lipinski definition) is 4. The third kappa shape index (κ3) is 3.20. The molecule has 1 amide bonds. The number of hydrogen-bond donors (Lipinski definition) is 2. The van der Waals surface area contributed by atoms with E-state index in [0.29, 0.717) is 12.2 Å². The van der Waals surface area contributed by atoms with Gasteiger partial charge in [0.15, 0.2) is 0 Å². The molecule has 4 nitrogen and oxygen atoms in total. The minimum Gasteiger partial charge on any atom is -0.467 e. The van der Waals surface area contributed by atoms with Crippen molar-refractivity contribution in [2.24, 2.45) is 0 Å². The van der Waals surface area contributed by atoms with Gasteiger partial charge in [-0.15, -0.1) is 11.8 Å². The first-order valence-electron chi connectivity index (χ1n) is 7.38. The summed E-state index contributed by atoms with van der Waals surface area (Å²) in [6.07, 6.45) is 1.27. The molecule has 0 saturated carbocycles. The second-order valence-electron chi connectivity index (χ2n) is 5.58. The SMILES string of the molecule is CC(CC(O)c1ccco1)NC(=O)C1CSc2ccccc21. The number of rotatable bonds is 5. The Kier molecular flexibility index (Phi) is 4.55. The van der Waals surface area contributed by atoms with E-state index < -0.39 is 6.10 Å². The van der Waals surface area contributed by atoms with Crippen LogP contribution in [0.15, 0.2) is 52.0 Å². The molecular weight excluding hydrogens is 298 g/mol. The normalized spacial score (nSPS) is 19.5. The van der Waals surface area contributed by atoms with Gasteiger partial charge in [-0.05, 0) is 30.7 Å². The monoisotopic (exact) mass is 317 g/mol. The van der Waals surface area contributed by atoms with E-state index in [1.54, 1.807) is 23.9 Å². The van der Waals surface area contributed by atoms with E-state index in [9.17, 15) is 9.90 Å². The highest BCUT2D eigenvalue weighted by Crippen LogP contribution is 2.39. The molecule has 0 saturated heterocycles. The molecule has 0 spiro atoms. The molecule has 1 aromatic heterocycles. The predicted molar refractivity (Wildman–Crippen MR) is 85.8 cm³/mol. The summed E-state index contributed by atoms with van der Waals surface area (Å²) in [5.74, 6) is 1.22. The number of carbonyl (C=O) groups is 1. The maximum absolute atomic E-state index is 12.5. The molecule has 2 aromatic rings. The number of amides is 1. The van der Waals surface area contributed by atoms with E-state index in [4.69, 9.17) is 4.42 Å². The summed E-state index contributed by atoms with van der Waals surface area (Å²) in [6.45, 7) is 1.90. The summed E-state index contributed by atoms with van der Waals surface area (Å²) < 4.78 is 5.18. The Bertz CT molecular complexity index is 641. The molecule has 3 unspecified atom stereocenters. The highest BCUT2D eigenvalue weighted by atomic mass is 32.2. The highest BCUT2D eigenvalue weighted by molar-refractivity contribution is 7.99. The van der Waals surface area contributed by atoms with Crippen molar-refractivity contribution in [3.8, 4) is 0 Å². The molecule has 0 bridgehead atoms. The zero-order valence-corrected chi connectivity index (χ0v) is 13.2. The van der Waals surface area contributed by atoms with Gasteiger partial charge in [-0.1, -0.05) is 18.2 Å². The molecule has 0 radical (unpaired) electrons. The first-order valence-corrected chi connectivity index (χ1v) is 8.37. The summed E-state index contributed by atoms with van der Waals surface area (Å²) in [5, 5.41) is 13.1. The van der Waals surface area contributed by atoms with Crippen LogP contribution in [-0.4, -0.2) is 22.8 Å². The Morgan fingerprint density at radius 1 is 1.41 bits per heavy atom. The smallest absolute Gasteiger partial charge is 0.228 e. The van der Waals surface area contributed by atoms with Crippen molar-refractivity contribution in [3.63, 3.8) is 0 Å². The maximum atomic E-state index is 12.5. The van der Waals surface area contributed by atoms with Gasteiger partial charge in [0, 0.05) is 23.1 Å². The molecule has 22 heavy (non-hydrogen) atoms. The molecular formula is C17H19NO3S. The van der Waals surface area contributed by atoms with Gasteiger partial charge in [0.1, 0.15) is 11.9 Å². The van der Waals surface area contributed by atoms with Crippen LogP contribution >= 0.6 is 11.8 Å². The van der Waals surface area contributed by atoms with E-state index in [1.807, 2.05) is 25.1 Å². The molecule has 1 aromatic carbocycles. The summed E-state index contributed by atoms with van der Waals surface area (Å²) in [7, 11) is 0. The number of aliphatic hydroxyl groups is 1. The first-order chi connectivity index (χ1) is 10.6. The van der Waals surface area contributed by atoms with Crippen LogP contribution in [0, 0.1) is 0 Å². The van der Waals surface area contributed by atoms with Gasteiger partial charge in [0.2, 0.25) is 5.91 Å². The number of benzene rings is 1. The molecule has 5 heteroatoms. The topological polar surface area (TPSA) is 62.5 Å². The summed E-state index contributed by atoms with van der Waals surface area (Å²) in [5.41, 5.74) is 1.10. The quantitative estimate of drug-likeness (QED) is 0.889. The second-order valence-corrected chi connectivity index (χ2v) is 6.64. The highest BCUT2D eigenvalue weighted by Gasteiger charge is 2.29. The third-order valence-electron chi connectivity index (χ3n) is 3.85. The lowest BCUT2D eigenvalue weighted by atomic mass is 9.99. The van der Waals surface area contributed by atoms with Crippen molar-refractivity contribution >= 4 is 17.7 Å². The molecule has 116 valence electrons. The Labute approximate surface area is 133 Å². The lowest BCUT2D eigenvalue weighted by Gasteiger charge is -2.19. The molecule has 0 fully saturated rings. The lowest BCUT2D eigenvalue weighted by molar-refractivity contribution is -0.122. The molecule has 2 heterocycles. The zero-order chi connectivity index (χ0) is 15.5. The number of carbonyl (C=O) groups excluding carboxylic acids is 1. The van der Waals surface area contributed by atoms with Crippen LogP contribution in [0.3, 0.4) is 0 Å². The van der Waals surface area contributed by atoms with Crippen molar-refractivity contribution in [2.45, 2.75) is 36.3 Å². The lowest BCUT2D eigenvalue weighted by Crippen LogP contribution is -2.37. The van der Waals surface area contributed by atoms with Crippen molar-refractivity contribution in [3.05, 3.63) is 54.0 Å². The minimum absolute atomic E-state index is 0.0246. The largest absolute Gasteiger partial charge is 0.467 e. The summed E-state index contributed by atoms with van der Waals surface area (Å²) >= 11 is 1.72. The van der Waals surface area contributed by atoms with Crippen molar-refractivity contribution < 1.29 is 14.3 Å².